The zero-order valence-electron chi connectivity index (χ0n) is 15.6. The van der Waals surface area contributed by atoms with Gasteiger partial charge in [0.2, 0.25) is 5.91 Å². The van der Waals surface area contributed by atoms with Crippen molar-refractivity contribution < 1.29 is 18.7 Å². The van der Waals surface area contributed by atoms with Gasteiger partial charge >= 0.3 is 6.09 Å². The number of anilines is 1. The maximum Gasteiger partial charge on any atom is 0.411 e. The molecule has 2 N–H and O–H groups in total. The molecule has 0 fully saturated rings. The van der Waals surface area contributed by atoms with Gasteiger partial charge in [-0.25, -0.2) is 9.18 Å². The molecule has 0 radical (unpaired) electrons. The number of benzene rings is 2. The number of hydrogen-bond donors (Lipinski definition) is 2. The summed E-state index contributed by atoms with van der Waals surface area (Å²) in [5.41, 5.74) is 2.04. The van der Waals surface area contributed by atoms with Crippen LogP contribution >= 0.6 is 11.3 Å². The lowest BCUT2D eigenvalue weighted by Crippen LogP contribution is -2.20. The average molecular weight is 410 g/mol. The molecular weight excluding hydrogens is 391 g/mol. The topological polar surface area (TPSA) is 67.4 Å². The third-order valence-electron chi connectivity index (χ3n) is 4.02. The number of halogens is 1. The number of nitrogens with one attached hydrogen (secondary N) is 2. The molecule has 1 aromatic heterocycles. The Bertz CT molecular complexity index is 1030. The lowest BCUT2D eigenvalue weighted by Gasteiger charge is -2.06. The first kappa shape index (κ1) is 20.3. The summed E-state index contributed by atoms with van der Waals surface area (Å²) < 4.78 is 18.4. The van der Waals surface area contributed by atoms with Crippen LogP contribution in [0.15, 0.2) is 66.7 Å². The lowest BCUT2D eigenvalue weighted by molar-refractivity contribution is -0.116. The highest BCUT2D eigenvalue weighted by Gasteiger charge is 2.06. The SMILES string of the molecule is COC(=O)Nc1ccc(CNC(=O)C=Cc2ccc(-c3ccccc3F)s2)cc1. The van der Waals surface area contributed by atoms with Crippen LogP contribution in [0.25, 0.3) is 16.5 Å². The molecule has 0 aliphatic heterocycles. The Morgan fingerprint density at radius 2 is 1.83 bits per heavy atom. The molecule has 0 bridgehead atoms. The summed E-state index contributed by atoms with van der Waals surface area (Å²) >= 11 is 1.41. The minimum absolute atomic E-state index is 0.234. The largest absolute Gasteiger partial charge is 0.453 e. The molecule has 5 nitrogen and oxygen atoms in total. The Labute approximate surface area is 171 Å². The van der Waals surface area contributed by atoms with Crippen LogP contribution in [0, 0.1) is 5.82 Å². The molecule has 2 amide bonds. The highest BCUT2D eigenvalue weighted by atomic mass is 32.1. The second-order valence-corrected chi connectivity index (χ2v) is 7.16. The first-order chi connectivity index (χ1) is 14.0. The molecule has 0 aliphatic rings. The summed E-state index contributed by atoms with van der Waals surface area (Å²) in [6.45, 7) is 0.354. The molecule has 0 saturated carbocycles. The lowest BCUT2D eigenvalue weighted by atomic mass is 10.2. The Hall–Kier alpha value is -3.45. The molecule has 29 heavy (non-hydrogen) atoms. The van der Waals surface area contributed by atoms with Crippen molar-refractivity contribution in [1.82, 2.24) is 5.32 Å². The molecule has 0 spiro atoms. The number of ether oxygens (including phenoxy) is 1. The second-order valence-electron chi connectivity index (χ2n) is 6.05. The Morgan fingerprint density at radius 3 is 2.55 bits per heavy atom. The van der Waals surface area contributed by atoms with Crippen LogP contribution in [0.5, 0.6) is 0 Å². The number of hydrogen-bond acceptors (Lipinski definition) is 4. The fraction of sp³-hybridized carbons (Fsp3) is 0.0909. The van der Waals surface area contributed by atoms with Crippen LogP contribution < -0.4 is 10.6 Å². The summed E-state index contributed by atoms with van der Waals surface area (Å²) in [4.78, 5) is 24.9. The zero-order valence-corrected chi connectivity index (χ0v) is 16.5. The standard InChI is InChI=1S/C22H19FN2O3S/c1-28-22(27)25-16-8-6-15(7-9-16)14-24-21(26)13-11-17-10-12-20(29-17)18-4-2-3-5-19(18)23/h2-13H,14H2,1H3,(H,24,26)(H,25,27). The number of carbonyl (C=O) groups excluding carboxylic acids is 2. The number of thiophene rings is 1. The van der Waals surface area contributed by atoms with E-state index in [1.165, 1.54) is 30.6 Å². The van der Waals surface area contributed by atoms with E-state index in [4.69, 9.17) is 0 Å². The molecule has 3 rings (SSSR count). The molecule has 7 heteroatoms. The van der Waals surface area contributed by atoms with E-state index in [1.807, 2.05) is 12.1 Å². The van der Waals surface area contributed by atoms with Crippen molar-refractivity contribution in [3.8, 4) is 10.4 Å². The number of methoxy groups -OCH3 is 1. The van der Waals surface area contributed by atoms with E-state index >= 15 is 0 Å². The molecule has 2 aromatic carbocycles. The first-order valence-corrected chi connectivity index (χ1v) is 9.61. The van der Waals surface area contributed by atoms with Crippen molar-refractivity contribution in [2.45, 2.75) is 6.54 Å². The van der Waals surface area contributed by atoms with Gasteiger partial charge in [0.25, 0.3) is 0 Å². The minimum atomic E-state index is -0.539. The van der Waals surface area contributed by atoms with Crippen LogP contribution in [0.1, 0.15) is 10.4 Å². The molecule has 0 aliphatic carbocycles. The predicted octanol–water partition coefficient (Wildman–Crippen LogP) is 5.06. The van der Waals surface area contributed by atoms with Gasteiger partial charge in [-0.2, -0.15) is 0 Å². The van der Waals surface area contributed by atoms with E-state index in [0.717, 1.165) is 15.3 Å². The molecule has 0 saturated heterocycles. The van der Waals surface area contributed by atoms with Crippen molar-refractivity contribution >= 4 is 35.1 Å². The number of carbonyl (C=O) groups is 2. The molecule has 148 valence electrons. The van der Waals surface area contributed by atoms with Crippen LogP contribution in [0.2, 0.25) is 0 Å². The number of rotatable bonds is 6. The van der Waals surface area contributed by atoms with Crippen LogP contribution in [-0.4, -0.2) is 19.1 Å². The normalized spacial score (nSPS) is 10.7. The van der Waals surface area contributed by atoms with Gasteiger partial charge in [0.1, 0.15) is 5.82 Å². The Morgan fingerprint density at radius 1 is 1.07 bits per heavy atom. The predicted molar refractivity (Wildman–Crippen MR) is 113 cm³/mol. The van der Waals surface area contributed by atoms with E-state index in [-0.39, 0.29) is 11.7 Å². The average Bonchev–Trinajstić information content (AvgIpc) is 3.20. The highest BCUT2D eigenvalue weighted by Crippen LogP contribution is 2.30. The maximum absolute atomic E-state index is 13.9. The summed E-state index contributed by atoms with van der Waals surface area (Å²) in [5, 5.41) is 5.35. The summed E-state index contributed by atoms with van der Waals surface area (Å²) in [6, 6.07) is 17.3. The summed E-state index contributed by atoms with van der Waals surface area (Å²) in [5.74, 6) is -0.502. The quantitative estimate of drug-likeness (QED) is 0.558. The van der Waals surface area contributed by atoms with E-state index in [9.17, 15) is 14.0 Å². The zero-order chi connectivity index (χ0) is 20.6. The van der Waals surface area contributed by atoms with Crippen molar-refractivity contribution in [2.75, 3.05) is 12.4 Å². The first-order valence-electron chi connectivity index (χ1n) is 8.80. The van der Waals surface area contributed by atoms with Gasteiger partial charge in [-0.05, 0) is 42.0 Å². The highest BCUT2D eigenvalue weighted by molar-refractivity contribution is 7.16. The van der Waals surface area contributed by atoms with Crippen molar-refractivity contribution in [3.05, 3.63) is 83.0 Å². The van der Waals surface area contributed by atoms with Crippen molar-refractivity contribution in [1.29, 1.82) is 0 Å². The summed E-state index contributed by atoms with van der Waals surface area (Å²) in [7, 11) is 1.30. The minimum Gasteiger partial charge on any atom is -0.453 e. The Kier molecular flexibility index (Phi) is 6.76. The van der Waals surface area contributed by atoms with Gasteiger partial charge in [-0.15, -0.1) is 11.3 Å². The van der Waals surface area contributed by atoms with E-state index in [0.29, 0.717) is 17.8 Å². The smallest absolute Gasteiger partial charge is 0.411 e. The van der Waals surface area contributed by atoms with Gasteiger partial charge in [-0.1, -0.05) is 30.3 Å². The van der Waals surface area contributed by atoms with Gasteiger partial charge in [0.05, 0.1) is 7.11 Å². The van der Waals surface area contributed by atoms with Gasteiger partial charge < -0.3 is 10.1 Å². The molecule has 1 heterocycles. The van der Waals surface area contributed by atoms with Crippen LogP contribution in [0.3, 0.4) is 0 Å². The third kappa shape index (κ3) is 5.76. The van der Waals surface area contributed by atoms with E-state index < -0.39 is 6.09 Å². The molecule has 0 unspecified atom stereocenters. The fourth-order valence-corrected chi connectivity index (χ4v) is 3.47. The fourth-order valence-electron chi connectivity index (χ4n) is 2.53. The van der Waals surface area contributed by atoms with Crippen molar-refractivity contribution in [3.63, 3.8) is 0 Å². The van der Waals surface area contributed by atoms with Crippen molar-refractivity contribution in [2.24, 2.45) is 0 Å². The Balaban J connectivity index is 1.53. The van der Waals surface area contributed by atoms with Gasteiger partial charge in [0.15, 0.2) is 0 Å². The second kappa shape index (κ2) is 9.66. The van der Waals surface area contributed by atoms with E-state index in [2.05, 4.69) is 15.4 Å². The van der Waals surface area contributed by atoms with Gasteiger partial charge in [-0.3, -0.25) is 10.1 Å². The molecule has 0 atom stereocenters. The summed E-state index contributed by atoms with van der Waals surface area (Å²) in [6.07, 6.45) is 2.61. The maximum atomic E-state index is 13.9. The van der Waals surface area contributed by atoms with Gasteiger partial charge in [0, 0.05) is 33.6 Å². The van der Waals surface area contributed by atoms with Crippen LogP contribution in [-0.2, 0) is 16.1 Å². The third-order valence-corrected chi connectivity index (χ3v) is 5.10. The molecular formula is C22H19FN2O3S. The number of amides is 2. The van der Waals surface area contributed by atoms with Crippen LogP contribution in [0.4, 0.5) is 14.9 Å². The molecule has 3 aromatic rings. The monoisotopic (exact) mass is 410 g/mol. The van der Waals surface area contributed by atoms with E-state index in [1.54, 1.807) is 48.5 Å².